The molecule has 3 atom stereocenters. The van der Waals surface area contributed by atoms with Crippen LogP contribution in [0, 0.1) is 0 Å². The van der Waals surface area contributed by atoms with E-state index in [1.165, 1.54) is 0 Å². The van der Waals surface area contributed by atoms with Crippen molar-refractivity contribution in [2.45, 2.75) is 31.5 Å². The lowest BCUT2D eigenvalue weighted by Crippen LogP contribution is -2.45. The summed E-state index contributed by atoms with van der Waals surface area (Å²) >= 11 is 6.02. The van der Waals surface area contributed by atoms with E-state index in [0.717, 1.165) is 26.1 Å². The largest absolute Gasteiger partial charge is 0.497 e. The molecule has 1 amide bonds. The summed E-state index contributed by atoms with van der Waals surface area (Å²) in [5, 5.41) is 3.59. The Hall–Kier alpha value is -1.30. The maximum Gasteiger partial charge on any atom is 0.251 e. The number of ether oxygens (including phenoxy) is 2. The van der Waals surface area contributed by atoms with E-state index >= 15 is 0 Å². The molecule has 22 heavy (non-hydrogen) atoms. The molecule has 1 N–H and O–H groups in total. The smallest absolute Gasteiger partial charge is 0.251 e. The molecule has 5 nitrogen and oxygen atoms in total. The molecule has 0 aromatic heterocycles. The minimum absolute atomic E-state index is 0.111. The Kier molecular flexibility index (Phi) is 4.57. The summed E-state index contributed by atoms with van der Waals surface area (Å²) in [6.07, 6.45) is 1.19. The van der Waals surface area contributed by atoms with E-state index in [-0.39, 0.29) is 18.1 Å². The summed E-state index contributed by atoms with van der Waals surface area (Å²) in [5.74, 6) is 0.475. The highest BCUT2D eigenvalue weighted by molar-refractivity contribution is 6.31. The summed E-state index contributed by atoms with van der Waals surface area (Å²) in [6, 6.07) is 5.61. The molecule has 0 saturated carbocycles. The van der Waals surface area contributed by atoms with Crippen LogP contribution in [0.1, 0.15) is 23.7 Å². The molecule has 1 aromatic rings. The number of methoxy groups -OCH3 is 1. The molecule has 0 aliphatic carbocycles. The van der Waals surface area contributed by atoms with Gasteiger partial charge in [0.05, 0.1) is 19.8 Å². The van der Waals surface area contributed by atoms with Crippen LogP contribution >= 0.6 is 11.6 Å². The van der Waals surface area contributed by atoms with Crippen molar-refractivity contribution in [3.63, 3.8) is 0 Å². The zero-order valence-electron chi connectivity index (χ0n) is 12.8. The second kappa shape index (κ2) is 6.44. The van der Waals surface area contributed by atoms with Gasteiger partial charge in [-0.2, -0.15) is 0 Å². The van der Waals surface area contributed by atoms with E-state index in [2.05, 4.69) is 17.1 Å². The van der Waals surface area contributed by atoms with Crippen LogP contribution in [0.15, 0.2) is 18.2 Å². The van der Waals surface area contributed by atoms with Gasteiger partial charge in [-0.15, -0.1) is 0 Å². The number of nitrogens with one attached hydrogen (secondary N) is 1. The normalized spacial score (nSPS) is 28.2. The summed E-state index contributed by atoms with van der Waals surface area (Å²) in [4.78, 5) is 14.8. The number of fused-ring (bicyclic) bond motifs is 1. The highest BCUT2D eigenvalue weighted by Gasteiger charge is 2.36. The number of rotatable bonds is 3. The van der Waals surface area contributed by atoms with Crippen LogP contribution < -0.4 is 10.1 Å². The Labute approximate surface area is 135 Å². The molecule has 0 radical (unpaired) electrons. The van der Waals surface area contributed by atoms with Crippen LogP contribution in [-0.2, 0) is 4.74 Å². The molecule has 1 aromatic carbocycles. The molecule has 0 unspecified atom stereocenters. The Morgan fingerprint density at radius 3 is 3.00 bits per heavy atom. The fourth-order valence-corrected chi connectivity index (χ4v) is 3.45. The lowest BCUT2D eigenvalue weighted by molar-refractivity contribution is -0.0390. The quantitative estimate of drug-likeness (QED) is 0.923. The highest BCUT2D eigenvalue weighted by Crippen LogP contribution is 2.24. The fourth-order valence-electron chi connectivity index (χ4n) is 3.22. The second-order valence-corrected chi connectivity index (χ2v) is 6.47. The zero-order valence-corrected chi connectivity index (χ0v) is 13.6. The lowest BCUT2D eigenvalue weighted by Gasteiger charge is -2.33. The van der Waals surface area contributed by atoms with Crippen molar-refractivity contribution in [1.29, 1.82) is 0 Å². The topological polar surface area (TPSA) is 50.8 Å². The van der Waals surface area contributed by atoms with Crippen LogP contribution in [0.2, 0.25) is 5.02 Å². The second-order valence-electron chi connectivity index (χ2n) is 6.04. The Morgan fingerprint density at radius 2 is 2.23 bits per heavy atom. The van der Waals surface area contributed by atoms with Gasteiger partial charge in [-0.05, 0) is 31.5 Å². The third-order valence-corrected chi connectivity index (χ3v) is 4.52. The Balaban J connectivity index is 1.64. The van der Waals surface area contributed by atoms with Crippen molar-refractivity contribution < 1.29 is 14.3 Å². The predicted molar refractivity (Wildman–Crippen MR) is 84.7 cm³/mol. The number of carbonyl (C=O) groups excluding carboxylic acids is 1. The molecular weight excluding hydrogens is 304 g/mol. The van der Waals surface area contributed by atoms with Gasteiger partial charge >= 0.3 is 0 Å². The van der Waals surface area contributed by atoms with Gasteiger partial charge in [0.25, 0.3) is 5.91 Å². The van der Waals surface area contributed by atoms with Gasteiger partial charge < -0.3 is 14.8 Å². The third kappa shape index (κ3) is 3.37. The number of halogens is 1. The number of carbonyl (C=O) groups is 1. The third-order valence-electron chi connectivity index (χ3n) is 4.30. The monoisotopic (exact) mass is 324 g/mol. The first-order valence-corrected chi connectivity index (χ1v) is 7.94. The van der Waals surface area contributed by atoms with Gasteiger partial charge in [0, 0.05) is 35.8 Å². The van der Waals surface area contributed by atoms with Crippen LogP contribution in [-0.4, -0.2) is 55.8 Å². The van der Waals surface area contributed by atoms with Crippen molar-refractivity contribution in [3.8, 4) is 5.75 Å². The minimum Gasteiger partial charge on any atom is -0.497 e. The molecule has 2 heterocycles. The van der Waals surface area contributed by atoms with E-state index in [4.69, 9.17) is 21.1 Å². The molecule has 0 spiro atoms. The van der Waals surface area contributed by atoms with Gasteiger partial charge in [0.1, 0.15) is 5.75 Å². The van der Waals surface area contributed by atoms with Gasteiger partial charge in [0.2, 0.25) is 0 Å². The Bertz CT molecular complexity index is 566. The first-order chi connectivity index (χ1) is 10.5. The maximum atomic E-state index is 12.4. The zero-order chi connectivity index (χ0) is 15.7. The molecule has 2 aliphatic rings. The summed E-state index contributed by atoms with van der Waals surface area (Å²) in [5.41, 5.74) is 0.527. The van der Waals surface area contributed by atoms with Crippen molar-refractivity contribution >= 4 is 17.5 Å². The van der Waals surface area contributed by atoms with Crippen LogP contribution in [0.25, 0.3) is 0 Å². The van der Waals surface area contributed by atoms with Crippen LogP contribution in [0.3, 0.4) is 0 Å². The van der Waals surface area contributed by atoms with Gasteiger partial charge in [-0.25, -0.2) is 0 Å². The molecule has 2 saturated heterocycles. The van der Waals surface area contributed by atoms with E-state index < -0.39 is 0 Å². The van der Waals surface area contributed by atoms with Crippen LogP contribution in [0.4, 0.5) is 0 Å². The first-order valence-electron chi connectivity index (χ1n) is 7.56. The molecular formula is C16H21ClN2O3. The molecule has 3 rings (SSSR count). The van der Waals surface area contributed by atoms with Gasteiger partial charge in [-0.3, -0.25) is 9.69 Å². The number of hydrogen-bond donors (Lipinski definition) is 1. The van der Waals surface area contributed by atoms with Gasteiger partial charge in [0.15, 0.2) is 0 Å². The van der Waals surface area contributed by atoms with E-state index in [1.54, 1.807) is 25.3 Å². The first kappa shape index (κ1) is 15.6. The maximum absolute atomic E-state index is 12.4. The number of morpholine rings is 1. The minimum atomic E-state index is -0.111. The summed E-state index contributed by atoms with van der Waals surface area (Å²) in [7, 11) is 1.56. The van der Waals surface area contributed by atoms with Crippen molar-refractivity contribution in [3.05, 3.63) is 28.8 Å². The molecule has 6 heteroatoms. The molecule has 2 fully saturated rings. The summed E-state index contributed by atoms with van der Waals surface area (Å²) in [6.45, 7) is 4.64. The van der Waals surface area contributed by atoms with Crippen molar-refractivity contribution in [2.75, 3.05) is 26.8 Å². The van der Waals surface area contributed by atoms with E-state index in [1.807, 2.05) is 0 Å². The average molecular weight is 325 g/mol. The number of hydrogen-bond acceptors (Lipinski definition) is 4. The highest BCUT2D eigenvalue weighted by atomic mass is 35.5. The van der Waals surface area contributed by atoms with Crippen molar-refractivity contribution in [1.82, 2.24) is 10.2 Å². The average Bonchev–Trinajstić information content (AvgIpc) is 2.87. The molecule has 2 aliphatic heterocycles. The molecule has 120 valence electrons. The predicted octanol–water partition coefficient (Wildman–Crippen LogP) is 1.94. The van der Waals surface area contributed by atoms with Crippen LogP contribution in [0.5, 0.6) is 5.75 Å². The lowest BCUT2D eigenvalue weighted by atomic mass is 10.1. The van der Waals surface area contributed by atoms with E-state index in [0.29, 0.717) is 22.4 Å². The number of benzene rings is 1. The van der Waals surface area contributed by atoms with Crippen molar-refractivity contribution in [2.24, 2.45) is 0 Å². The fraction of sp³-hybridized carbons (Fsp3) is 0.562. The molecule has 0 bridgehead atoms. The SMILES string of the molecule is COc1cc(Cl)cc(C(=O)N[C@@H]2C[C@H]3CO[C@H](C)CN3C2)c1. The number of nitrogens with zero attached hydrogens (tertiary/aromatic N) is 1. The Morgan fingerprint density at radius 1 is 1.41 bits per heavy atom. The summed E-state index contributed by atoms with van der Waals surface area (Å²) < 4.78 is 10.8. The standard InChI is InChI=1S/C16H21ClN2O3/c1-10-7-19-8-13(6-14(19)9-22-10)18-16(20)11-3-12(17)5-15(4-11)21-2/h3-5,10,13-14H,6-9H2,1-2H3,(H,18,20)/t10-,13-,14+/m1/s1. The van der Waals surface area contributed by atoms with Gasteiger partial charge in [-0.1, -0.05) is 11.6 Å². The van der Waals surface area contributed by atoms with E-state index in [9.17, 15) is 4.79 Å². The number of amides is 1.